The minimum atomic E-state index is 0.689. The van der Waals surface area contributed by atoms with Crippen LogP contribution in [0.15, 0.2) is 22.5 Å². The van der Waals surface area contributed by atoms with Crippen LogP contribution in [0, 0.1) is 5.92 Å². The topological polar surface area (TPSA) is 48.9 Å². The van der Waals surface area contributed by atoms with Gasteiger partial charge in [0.05, 0.1) is 6.61 Å². The van der Waals surface area contributed by atoms with Gasteiger partial charge in [-0.1, -0.05) is 6.07 Å². The third-order valence-corrected chi connectivity index (χ3v) is 4.95. The summed E-state index contributed by atoms with van der Waals surface area (Å²) in [6.45, 7) is 8.74. The van der Waals surface area contributed by atoms with Crippen molar-refractivity contribution < 1.29 is 4.74 Å². The van der Waals surface area contributed by atoms with Gasteiger partial charge in [-0.05, 0) is 43.7 Å². The van der Waals surface area contributed by atoms with Crippen molar-refractivity contribution in [2.24, 2.45) is 10.9 Å². The molecule has 1 fully saturated rings. The molecule has 130 valence electrons. The summed E-state index contributed by atoms with van der Waals surface area (Å²) in [6, 6.07) is 4.37. The Morgan fingerprint density at radius 2 is 2.39 bits per heavy atom. The summed E-state index contributed by atoms with van der Waals surface area (Å²) < 4.78 is 5.34. The number of aliphatic imine (C=N–C) groups is 1. The molecule has 0 saturated carbocycles. The summed E-state index contributed by atoms with van der Waals surface area (Å²) >= 11 is 1.85. The first-order chi connectivity index (χ1) is 11.3. The number of ether oxygens (including phenoxy) is 1. The van der Waals surface area contributed by atoms with Crippen LogP contribution in [0.3, 0.4) is 0 Å². The molecule has 1 atom stereocenters. The summed E-state index contributed by atoms with van der Waals surface area (Å²) in [5, 5.41) is 8.91. The number of hydrogen-bond acceptors (Lipinski definition) is 4. The molecule has 0 aromatic carbocycles. The summed E-state index contributed by atoms with van der Waals surface area (Å²) in [6.07, 6.45) is 2.58. The van der Waals surface area contributed by atoms with E-state index in [1.165, 1.54) is 30.8 Å². The maximum atomic E-state index is 5.34. The molecule has 1 aliphatic heterocycles. The van der Waals surface area contributed by atoms with Gasteiger partial charge in [0.15, 0.2) is 5.96 Å². The van der Waals surface area contributed by atoms with E-state index >= 15 is 0 Å². The van der Waals surface area contributed by atoms with Gasteiger partial charge in [-0.15, -0.1) is 11.3 Å². The monoisotopic (exact) mass is 338 g/mol. The van der Waals surface area contributed by atoms with E-state index < -0.39 is 0 Å². The summed E-state index contributed by atoms with van der Waals surface area (Å²) in [5.74, 6) is 1.56. The highest BCUT2D eigenvalue weighted by Crippen LogP contribution is 2.19. The fourth-order valence-electron chi connectivity index (χ4n) is 2.93. The molecule has 0 radical (unpaired) electrons. The quantitative estimate of drug-likeness (QED) is 0.433. The van der Waals surface area contributed by atoms with E-state index in [0.29, 0.717) is 5.92 Å². The largest absolute Gasteiger partial charge is 0.380 e. The van der Waals surface area contributed by atoms with Crippen molar-refractivity contribution in [3.8, 4) is 0 Å². The fraction of sp³-hybridized carbons (Fsp3) is 0.706. The predicted molar refractivity (Wildman–Crippen MR) is 98.2 cm³/mol. The summed E-state index contributed by atoms with van der Waals surface area (Å²) in [5.41, 5.74) is 0. The third kappa shape index (κ3) is 6.89. The number of likely N-dealkylation sites (tertiary alicyclic amines) is 1. The molecule has 0 bridgehead atoms. The lowest BCUT2D eigenvalue weighted by Crippen LogP contribution is -2.44. The van der Waals surface area contributed by atoms with Crippen molar-refractivity contribution in [2.45, 2.75) is 26.3 Å². The van der Waals surface area contributed by atoms with Crippen molar-refractivity contribution in [1.82, 2.24) is 15.5 Å². The second-order valence-corrected chi connectivity index (χ2v) is 6.93. The van der Waals surface area contributed by atoms with Crippen LogP contribution in [0.5, 0.6) is 0 Å². The van der Waals surface area contributed by atoms with Gasteiger partial charge in [0.25, 0.3) is 0 Å². The minimum Gasteiger partial charge on any atom is -0.380 e. The number of guanidine groups is 1. The lowest BCUT2D eigenvalue weighted by atomic mass is 9.98. The zero-order valence-corrected chi connectivity index (χ0v) is 15.2. The first kappa shape index (κ1) is 18.2. The van der Waals surface area contributed by atoms with E-state index in [4.69, 9.17) is 4.74 Å². The van der Waals surface area contributed by atoms with Crippen LogP contribution in [0.1, 0.15) is 24.6 Å². The van der Waals surface area contributed by atoms with E-state index in [1.807, 2.05) is 25.3 Å². The molecule has 23 heavy (non-hydrogen) atoms. The Morgan fingerprint density at radius 3 is 3.13 bits per heavy atom. The molecule has 2 N–H and O–H groups in total. The van der Waals surface area contributed by atoms with Gasteiger partial charge < -0.3 is 15.4 Å². The van der Waals surface area contributed by atoms with Gasteiger partial charge >= 0.3 is 0 Å². The van der Waals surface area contributed by atoms with E-state index in [-0.39, 0.29) is 0 Å². The van der Waals surface area contributed by atoms with Crippen molar-refractivity contribution >= 4 is 17.3 Å². The van der Waals surface area contributed by atoms with E-state index in [9.17, 15) is 0 Å². The third-order valence-electron chi connectivity index (χ3n) is 4.09. The maximum Gasteiger partial charge on any atom is 0.191 e. The molecule has 1 aromatic rings. The smallest absolute Gasteiger partial charge is 0.191 e. The average Bonchev–Trinajstić information content (AvgIpc) is 3.07. The van der Waals surface area contributed by atoms with Crippen molar-refractivity contribution in [3.05, 3.63) is 22.4 Å². The Morgan fingerprint density at radius 1 is 1.48 bits per heavy atom. The molecule has 0 amide bonds. The van der Waals surface area contributed by atoms with Crippen LogP contribution in [-0.4, -0.2) is 57.3 Å². The standard InChI is InChI=1S/C17H30N4OS/c1-3-22-10-8-19-17(18-2)20-12-15-6-4-9-21(13-15)14-16-7-5-11-23-16/h5,7,11,15H,3-4,6,8-10,12-14H2,1-2H3,(H2,18,19,20). The second kappa shape index (κ2) is 10.6. The number of thiophene rings is 1. The van der Waals surface area contributed by atoms with E-state index in [0.717, 1.165) is 38.8 Å². The number of nitrogens with zero attached hydrogens (tertiary/aromatic N) is 2. The highest BCUT2D eigenvalue weighted by molar-refractivity contribution is 7.09. The molecule has 0 aliphatic carbocycles. The van der Waals surface area contributed by atoms with Gasteiger partial charge in [-0.25, -0.2) is 0 Å². The maximum absolute atomic E-state index is 5.34. The summed E-state index contributed by atoms with van der Waals surface area (Å²) in [7, 11) is 1.82. The lowest BCUT2D eigenvalue weighted by Gasteiger charge is -2.32. The van der Waals surface area contributed by atoms with Crippen LogP contribution in [-0.2, 0) is 11.3 Å². The Kier molecular flexibility index (Phi) is 8.42. The van der Waals surface area contributed by atoms with Crippen LogP contribution in [0.25, 0.3) is 0 Å². The Balaban J connectivity index is 1.67. The van der Waals surface area contributed by atoms with Gasteiger partial charge in [-0.2, -0.15) is 0 Å². The molecule has 2 rings (SSSR count). The Hall–Kier alpha value is -1.11. The Labute approximate surface area is 144 Å². The predicted octanol–water partition coefficient (Wildman–Crippen LogP) is 2.16. The van der Waals surface area contributed by atoms with Gasteiger partial charge in [-0.3, -0.25) is 9.89 Å². The number of hydrogen-bond donors (Lipinski definition) is 2. The Bertz CT molecular complexity index is 449. The molecule has 1 saturated heterocycles. The first-order valence-electron chi connectivity index (χ1n) is 8.58. The lowest BCUT2D eigenvalue weighted by molar-refractivity contribution is 0.152. The highest BCUT2D eigenvalue weighted by Gasteiger charge is 2.20. The SMILES string of the molecule is CCOCCNC(=NC)NCC1CCCN(Cc2cccs2)C1. The molecule has 1 aromatic heterocycles. The van der Waals surface area contributed by atoms with Gasteiger partial charge in [0.1, 0.15) is 0 Å². The molecular formula is C17H30N4OS. The molecular weight excluding hydrogens is 308 g/mol. The molecule has 5 nitrogen and oxygen atoms in total. The fourth-order valence-corrected chi connectivity index (χ4v) is 3.68. The van der Waals surface area contributed by atoms with Gasteiger partial charge in [0, 0.05) is 44.7 Å². The second-order valence-electron chi connectivity index (χ2n) is 5.90. The molecule has 1 unspecified atom stereocenters. The number of piperidine rings is 1. The van der Waals surface area contributed by atoms with Crippen molar-refractivity contribution in [2.75, 3.05) is 46.4 Å². The van der Waals surface area contributed by atoms with Gasteiger partial charge in [0.2, 0.25) is 0 Å². The van der Waals surface area contributed by atoms with Crippen LogP contribution in [0.4, 0.5) is 0 Å². The zero-order valence-electron chi connectivity index (χ0n) is 14.4. The highest BCUT2D eigenvalue weighted by atomic mass is 32.1. The minimum absolute atomic E-state index is 0.689. The first-order valence-corrected chi connectivity index (χ1v) is 9.46. The molecule has 2 heterocycles. The molecule has 0 spiro atoms. The van der Waals surface area contributed by atoms with Crippen molar-refractivity contribution in [1.29, 1.82) is 0 Å². The molecule has 1 aliphatic rings. The van der Waals surface area contributed by atoms with Crippen molar-refractivity contribution in [3.63, 3.8) is 0 Å². The zero-order chi connectivity index (χ0) is 16.3. The van der Waals surface area contributed by atoms with Crippen LogP contribution < -0.4 is 10.6 Å². The van der Waals surface area contributed by atoms with E-state index in [2.05, 4.69) is 38.0 Å². The number of rotatable bonds is 8. The number of nitrogens with one attached hydrogen (secondary N) is 2. The molecule has 6 heteroatoms. The van der Waals surface area contributed by atoms with Crippen LogP contribution >= 0.6 is 11.3 Å². The normalized spacial score (nSPS) is 19.7. The summed E-state index contributed by atoms with van der Waals surface area (Å²) in [4.78, 5) is 8.32. The van der Waals surface area contributed by atoms with E-state index in [1.54, 1.807) is 0 Å². The average molecular weight is 339 g/mol. The van der Waals surface area contributed by atoms with Crippen LogP contribution in [0.2, 0.25) is 0 Å².